The fourth-order valence-corrected chi connectivity index (χ4v) is 2.09. The summed E-state index contributed by atoms with van der Waals surface area (Å²) in [7, 11) is 1.58. The molecule has 0 aromatic heterocycles. The summed E-state index contributed by atoms with van der Waals surface area (Å²) in [4.78, 5) is 0. The van der Waals surface area contributed by atoms with Crippen molar-refractivity contribution in [2.45, 2.75) is 18.9 Å². The number of benzene rings is 2. The van der Waals surface area contributed by atoms with E-state index in [1.165, 1.54) is 12.1 Å². The molecule has 2 aromatic rings. The lowest BCUT2D eigenvalue weighted by molar-refractivity contribution is -0.00534. The molecule has 1 N–H and O–H groups in total. The van der Waals surface area contributed by atoms with Gasteiger partial charge in [-0.15, -0.1) is 0 Å². The van der Waals surface area contributed by atoms with Crippen molar-refractivity contribution < 1.29 is 13.5 Å². The van der Waals surface area contributed by atoms with Crippen molar-refractivity contribution in [3.8, 4) is 5.75 Å². The molecule has 0 unspecified atom stereocenters. The molecule has 0 saturated carbocycles. The van der Waals surface area contributed by atoms with E-state index in [0.29, 0.717) is 0 Å². The van der Waals surface area contributed by atoms with Crippen molar-refractivity contribution in [2.24, 2.45) is 0 Å². The first-order valence-electron chi connectivity index (χ1n) is 6.83. The van der Waals surface area contributed by atoms with Gasteiger partial charge in [0.2, 0.25) is 0 Å². The van der Waals surface area contributed by atoms with Gasteiger partial charge in [0, 0.05) is 11.6 Å². The lowest BCUT2D eigenvalue weighted by Gasteiger charge is -2.21. The SMILES string of the molecule is COc1cccc([C@@H](C)NCC(F)(F)c2ccccc2)c1. The molecule has 0 amide bonds. The molecule has 112 valence electrons. The van der Waals surface area contributed by atoms with Crippen LogP contribution < -0.4 is 10.1 Å². The predicted octanol–water partition coefficient (Wildman–Crippen LogP) is 4.14. The van der Waals surface area contributed by atoms with Crippen molar-refractivity contribution in [3.63, 3.8) is 0 Å². The predicted molar refractivity (Wildman–Crippen MR) is 79.7 cm³/mol. The summed E-state index contributed by atoms with van der Waals surface area (Å²) in [6.45, 7) is 1.45. The fourth-order valence-electron chi connectivity index (χ4n) is 2.09. The Balaban J connectivity index is 2.01. The summed E-state index contributed by atoms with van der Waals surface area (Å²) in [5.74, 6) is -2.18. The second-order valence-electron chi connectivity index (χ2n) is 4.95. The lowest BCUT2D eigenvalue weighted by Crippen LogP contribution is -2.32. The Morgan fingerprint density at radius 3 is 2.48 bits per heavy atom. The van der Waals surface area contributed by atoms with Gasteiger partial charge in [0.05, 0.1) is 13.7 Å². The Kier molecular flexibility index (Phi) is 4.91. The maximum Gasteiger partial charge on any atom is 0.285 e. The van der Waals surface area contributed by atoms with Gasteiger partial charge in [0.25, 0.3) is 5.92 Å². The Morgan fingerprint density at radius 2 is 1.81 bits per heavy atom. The summed E-state index contributed by atoms with van der Waals surface area (Å²) < 4.78 is 33.3. The van der Waals surface area contributed by atoms with Crippen LogP contribution in [0.15, 0.2) is 54.6 Å². The van der Waals surface area contributed by atoms with Gasteiger partial charge in [-0.25, -0.2) is 0 Å². The topological polar surface area (TPSA) is 21.3 Å². The third-order valence-corrected chi connectivity index (χ3v) is 3.42. The second kappa shape index (κ2) is 6.68. The minimum Gasteiger partial charge on any atom is -0.497 e. The monoisotopic (exact) mass is 291 g/mol. The van der Waals surface area contributed by atoms with Crippen molar-refractivity contribution >= 4 is 0 Å². The minimum atomic E-state index is -2.89. The Hall–Kier alpha value is -1.94. The average molecular weight is 291 g/mol. The Morgan fingerprint density at radius 1 is 1.10 bits per heavy atom. The molecule has 4 heteroatoms. The summed E-state index contributed by atoms with van der Waals surface area (Å²) in [6.07, 6.45) is 0. The van der Waals surface area contributed by atoms with Gasteiger partial charge >= 0.3 is 0 Å². The van der Waals surface area contributed by atoms with Crippen LogP contribution in [-0.2, 0) is 5.92 Å². The standard InChI is InChI=1S/C17H19F2NO/c1-13(14-7-6-10-16(11-14)21-2)20-12-17(18,19)15-8-4-3-5-9-15/h3-11,13,20H,12H2,1-2H3/t13-/m1/s1. The first kappa shape index (κ1) is 15.4. The van der Waals surface area contributed by atoms with Gasteiger partial charge in [-0.2, -0.15) is 8.78 Å². The molecule has 0 saturated heterocycles. The Labute approximate surface area is 123 Å². The molecule has 1 atom stereocenters. The number of nitrogens with one attached hydrogen (secondary N) is 1. The van der Waals surface area contributed by atoms with Crippen LogP contribution >= 0.6 is 0 Å². The van der Waals surface area contributed by atoms with Crippen LogP contribution in [0.5, 0.6) is 5.75 Å². The van der Waals surface area contributed by atoms with Crippen molar-refractivity contribution in [3.05, 3.63) is 65.7 Å². The third-order valence-electron chi connectivity index (χ3n) is 3.42. The van der Waals surface area contributed by atoms with E-state index in [4.69, 9.17) is 4.74 Å². The van der Waals surface area contributed by atoms with Crippen LogP contribution in [0, 0.1) is 0 Å². The van der Waals surface area contributed by atoms with E-state index in [0.717, 1.165) is 11.3 Å². The smallest absolute Gasteiger partial charge is 0.285 e. The Bertz CT molecular complexity index is 572. The lowest BCUT2D eigenvalue weighted by atomic mass is 10.1. The molecule has 0 aliphatic rings. The zero-order valence-electron chi connectivity index (χ0n) is 12.1. The van der Waals surface area contributed by atoms with Crippen LogP contribution in [0.1, 0.15) is 24.1 Å². The minimum absolute atomic E-state index is 0.0235. The fraction of sp³-hybridized carbons (Fsp3) is 0.294. The molecule has 2 aromatic carbocycles. The molecule has 0 fully saturated rings. The number of ether oxygens (including phenoxy) is 1. The summed E-state index contributed by atoms with van der Waals surface area (Å²) in [5, 5.41) is 2.88. The van der Waals surface area contributed by atoms with E-state index in [2.05, 4.69) is 5.32 Å². The van der Waals surface area contributed by atoms with E-state index in [9.17, 15) is 8.78 Å². The zero-order chi connectivity index (χ0) is 15.3. The number of hydrogen-bond acceptors (Lipinski definition) is 2. The molecular weight excluding hydrogens is 272 g/mol. The molecule has 21 heavy (non-hydrogen) atoms. The first-order chi connectivity index (χ1) is 10.0. The van der Waals surface area contributed by atoms with Gasteiger partial charge in [0.15, 0.2) is 0 Å². The highest BCUT2D eigenvalue weighted by atomic mass is 19.3. The maximum atomic E-state index is 14.1. The van der Waals surface area contributed by atoms with Crippen molar-refractivity contribution in [2.75, 3.05) is 13.7 Å². The van der Waals surface area contributed by atoms with Crippen molar-refractivity contribution in [1.29, 1.82) is 0 Å². The maximum absolute atomic E-state index is 14.1. The van der Waals surface area contributed by atoms with Crippen LogP contribution in [0.2, 0.25) is 0 Å². The van der Waals surface area contributed by atoms with E-state index >= 15 is 0 Å². The number of halogens is 2. The molecule has 2 nitrogen and oxygen atoms in total. The van der Waals surface area contributed by atoms with Gasteiger partial charge in [-0.05, 0) is 24.6 Å². The molecule has 0 heterocycles. The number of alkyl halides is 2. The van der Waals surface area contributed by atoms with Crippen LogP contribution in [0.25, 0.3) is 0 Å². The van der Waals surface area contributed by atoms with E-state index in [1.807, 2.05) is 31.2 Å². The van der Waals surface area contributed by atoms with Gasteiger partial charge in [-0.1, -0.05) is 42.5 Å². The quantitative estimate of drug-likeness (QED) is 0.863. The molecule has 0 aliphatic carbocycles. The van der Waals surface area contributed by atoms with Crippen molar-refractivity contribution in [1.82, 2.24) is 5.32 Å². The van der Waals surface area contributed by atoms with Gasteiger partial charge in [0.1, 0.15) is 5.75 Å². The normalized spacial score (nSPS) is 13.0. The summed E-state index contributed by atoms with van der Waals surface area (Å²) >= 11 is 0. The van der Waals surface area contributed by atoms with E-state index < -0.39 is 12.5 Å². The van der Waals surface area contributed by atoms with Gasteiger partial charge < -0.3 is 10.1 Å². The van der Waals surface area contributed by atoms with Crippen LogP contribution in [0.3, 0.4) is 0 Å². The molecule has 0 radical (unpaired) electrons. The van der Waals surface area contributed by atoms with Gasteiger partial charge in [-0.3, -0.25) is 0 Å². The number of hydrogen-bond donors (Lipinski definition) is 1. The molecule has 0 spiro atoms. The highest BCUT2D eigenvalue weighted by Crippen LogP contribution is 2.28. The van der Waals surface area contributed by atoms with Crippen LogP contribution in [0.4, 0.5) is 8.78 Å². The number of rotatable bonds is 6. The zero-order valence-corrected chi connectivity index (χ0v) is 12.1. The second-order valence-corrected chi connectivity index (χ2v) is 4.95. The molecule has 0 bridgehead atoms. The van der Waals surface area contributed by atoms with E-state index in [1.54, 1.807) is 25.3 Å². The molecule has 2 rings (SSSR count). The highest BCUT2D eigenvalue weighted by molar-refractivity contribution is 5.30. The number of methoxy groups -OCH3 is 1. The summed E-state index contributed by atoms with van der Waals surface area (Å²) in [6, 6.07) is 15.1. The summed E-state index contributed by atoms with van der Waals surface area (Å²) in [5.41, 5.74) is 0.938. The first-order valence-corrected chi connectivity index (χ1v) is 6.83. The van der Waals surface area contributed by atoms with E-state index in [-0.39, 0.29) is 11.6 Å². The largest absolute Gasteiger partial charge is 0.497 e. The average Bonchev–Trinajstić information content (AvgIpc) is 2.53. The van der Waals surface area contributed by atoms with Crippen LogP contribution in [-0.4, -0.2) is 13.7 Å². The highest BCUT2D eigenvalue weighted by Gasteiger charge is 2.31. The molecular formula is C17H19F2NO. The third kappa shape index (κ3) is 4.02. The molecule has 0 aliphatic heterocycles.